The Morgan fingerprint density at radius 3 is 2.57 bits per heavy atom. The van der Waals surface area contributed by atoms with Gasteiger partial charge in [0.25, 0.3) is 0 Å². The number of nitrogens with one attached hydrogen (secondary N) is 1. The van der Waals surface area contributed by atoms with Gasteiger partial charge in [-0.1, -0.05) is 18.9 Å². The van der Waals surface area contributed by atoms with Crippen LogP contribution in [0, 0.1) is 17.7 Å². The van der Waals surface area contributed by atoms with Crippen molar-refractivity contribution in [3.05, 3.63) is 34.1 Å². The maximum Gasteiger partial charge on any atom is 0.230 e. The van der Waals surface area contributed by atoms with Gasteiger partial charge >= 0.3 is 0 Å². The SMILES string of the molecule is O=C1CC(c2ccc(Br)c(F)c2)C(C2CCCC2)C(=O)N1. The van der Waals surface area contributed by atoms with E-state index in [1.165, 1.54) is 6.07 Å². The highest BCUT2D eigenvalue weighted by Gasteiger charge is 2.42. The van der Waals surface area contributed by atoms with Crippen molar-refractivity contribution in [1.82, 2.24) is 5.32 Å². The summed E-state index contributed by atoms with van der Waals surface area (Å²) in [5.41, 5.74) is 0.746. The van der Waals surface area contributed by atoms with E-state index in [0.717, 1.165) is 31.2 Å². The molecule has 1 saturated carbocycles. The molecule has 1 aliphatic heterocycles. The standard InChI is InChI=1S/C16H17BrFNO2/c17-12-6-5-10(7-13(12)18)11-8-14(20)19-16(21)15(11)9-3-1-2-4-9/h5-7,9,11,15H,1-4,8H2,(H,19,20,21). The molecule has 2 fully saturated rings. The summed E-state index contributed by atoms with van der Waals surface area (Å²) >= 11 is 3.14. The number of halogens is 2. The van der Waals surface area contributed by atoms with E-state index in [1.807, 2.05) is 6.07 Å². The third kappa shape index (κ3) is 2.89. The second kappa shape index (κ2) is 5.87. The minimum absolute atomic E-state index is 0.188. The first-order valence-corrected chi connectivity index (χ1v) is 8.14. The molecule has 0 radical (unpaired) electrons. The van der Waals surface area contributed by atoms with Crippen LogP contribution in [-0.4, -0.2) is 11.8 Å². The summed E-state index contributed by atoms with van der Waals surface area (Å²) in [7, 11) is 0. The zero-order chi connectivity index (χ0) is 15.0. The molecule has 1 aromatic rings. The van der Waals surface area contributed by atoms with Crippen molar-refractivity contribution in [3.8, 4) is 0 Å². The molecule has 2 amide bonds. The van der Waals surface area contributed by atoms with Crippen LogP contribution in [0.4, 0.5) is 4.39 Å². The Hall–Kier alpha value is -1.23. The molecular weight excluding hydrogens is 337 g/mol. The second-order valence-corrected chi connectivity index (χ2v) is 6.82. The largest absolute Gasteiger partial charge is 0.296 e. The molecular formula is C16H17BrFNO2. The van der Waals surface area contributed by atoms with Gasteiger partial charge in [0.2, 0.25) is 11.8 Å². The van der Waals surface area contributed by atoms with Gasteiger partial charge in [0.1, 0.15) is 5.82 Å². The predicted octanol–water partition coefficient (Wildman–Crippen LogP) is 3.52. The van der Waals surface area contributed by atoms with E-state index in [4.69, 9.17) is 0 Å². The van der Waals surface area contributed by atoms with Gasteiger partial charge in [0, 0.05) is 18.3 Å². The number of amides is 2. The molecule has 1 heterocycles. The van der Waals surface area contributed by atoms with Crippen molar-refractivity contribution in [2.75, 3.05) is 0 Å². The Bertz CT molecular complexity index is 584. The fourth-order valence-corrected chi connectivity index (χ4v) is 3.96. The van der Waals surface area contributed by atoms with Gasteiger partial charge in [0.15, 0.2) is 0 Å². The Morgan fingerprint density at radius 1 is 1.19 bits per heavy atom. The van der Waals surface area contributed by atoms with Gasteiger partial charge in [-0.15, -0.1) is 0 Å². The van der Waals surface area contributed by atoms with Crippen LogP contribution >= 0.6 is 15.9 Å². The zero-order valence-corrected chi connectivity index (χ0v) is 13.2. The lowest BCUT2D eigenvalue weighted by molar-refractivity contribution is -0.138. The fourth-order valence-electron chi connectivity index (χ4n) is 3.71. The first-order valence-electron chi connectivity index (χ1n) is 7.35. The summed E-state index contributed by atoms with van der Waals surface area (Å²) in [6.45, 7) is 0. The minimum Gasteiger partial charge on any atom is -0.296 e. The lowest BCUT2D eigenvalue weighted by Crippen LogP contribution is -2.47. The molecule has 1 N–H and O–H groups in total. The number of carbonyl (C=O) groups is 2. The number of hydrogen-bond donors (Lipinski definition) is 1. The summed E-state index contributed by atoms with van der Waals surface area (Å²) < 4.78 is 14.2. The monoisotopic (exact) mass is 353 g/mol. The predicted molar refractivity (Wildman–Crippen MR) is 80.1 cm³/mol. The van der Waals surface area contributed by atoms with E-state index in [2.05, 4.69) is 21.2 Å². The summed E-state index contributed by atoms with van der Waals surface area (Å²) in [6, 6.07) is 4.90. The molecule has 3 nitrogen and oxygen atoms in total. The Kier molecular flexibility index (Phi) is 4.11. The van der Waals surface area contributed by atoms with Crippen LogP contribution in [0.15, 0.2) is 22.7 Å². The molecule has 2 atom stereocenters. The Balaban J connectivity index is 1.95. The highest BCUT2D eigenvalue weighted by atomic mass is 79.9. The van der Waals surface area contributed by atoms with Gasteiger partial charge in [0.05, 0.1) is 4.47 Å². The third-order valence-corrected chi connectivity index (χ3v) is 5.33. The third-order valence-electron chi connectivity index (χ3n) is 4.68. The van der Waals surface area contributed by atoms with Crippen molar-refractivity contribution < 1.29 is 14.0 Å². The molecule has 3 rings (SSSR count). The molecule has 2 aliphatic rings. The van der Waals surface area contributed by atoms with Gasteiger partial charge in [-0.05, 0) is 52.4 Å². The molecule has 0 spiro atoms. The number of carbonyl (C=O) groups excluding carboxylic acids is 2. The van der Waals surface area contributed by atoms with E-state index in [-0.39, 0.29) is 35.9 Å². The van der Waals surface area contributed by atoms with Crippen molar-refractivity contribution >= 4 is 27.7 Å². The van der Waals surface area contributed by atoms with Crippen LogP contribution in [-0.2, 0) is 9.59 Å². The molecule has 5 heteroatoms. The molecule has 0 bridgehead atoms. The summed E-state index contributed by atoms with van der Waals surface area (Å²) in [4.78, 5) is 24.0. The van der Waals surface area contributed by atoms with Crippen LogP contribution in [0.5, 0.6) is 0 Å². The number of rotatable bonds is 2. The highest BCUT2D eigenvalue weighted by molar-refractivity contribution is 9.10. The van der Waals surface area contributed by atoms with E-state index in [0.29, 0.717) is 10.4 Å². The molecule has 0 aromatic heterocycles. The molecule has 21 heavy (non-hydrogen) atoms. The average molecular weight is 354 g/mol. The van der Waals surface area contributed by atoms with Crippen molar-refractivity contribution in [2.24, 2.45) is 11.8 Å². The Labute approximate surface area is 131 Å². The van der Waals surface area contributed by atoms with E-state index in [1.54, 1.807) is 6.07 Å². The zero-order valence-electron chi connectivity index (χ0n) is 11.6. The molecule has 1 aliphatic carbocycles. The van der Waals surface area contributed by atoms with E-state index in [9.17, 15) is 14.0 Å². The first-order chi connectivity index (χ1) is 10.1. The van der Waals surface area contributed by atoms with E-state index >= 15 is 0 Å². The number of benzene rings is 1. The summed E-state index contributed by atoms with van der Waals surface area (Å²) in [5.74, 6) is -0.928. The highest BCUT2D eigenvalue weighted by Crippen LogP contribution is 2.43. The molecule has 112 valence electrons. The van der Waals surface area contributed by atoms with Crippen molar-refractivity contribution in [2.45, 2.75) is 38.0 Å². The second-order valence-electron chi connectivity index (χ2n) is 5.97. The van der Waals surface area contributed by atoms with Gasteiger partial charge in [-0.25, -0.2) is 4.39 Å². The number of hydrogen-bond acceptors (Lipinski definition) is 2. The van der Waals surface area contributed by atoms with Crippen LogP contribution in [0.2, 0.25) is 0 Å². The average Bonchev–Trinajstić information content (AvgIpc) is 2.94. The maximum atomic E-state index is 13.8. The normalized spacial score (nSPS) is 27.0. The quantitative estimate of drug-likeness (QED) is 0.826. The minimum atomic E-state index is -0.351. The summed E-state index contributed by atoms with van der Waals surface area (Å²) in [5, 5.41) is 2.45. The first kappa shape index (κ1) is 14.7. The van der Waals surface area contributed by atoms with Crippen molar-refractivity contribution in [1.29, 1.82) is 0 Å². The number of imide groups is 1. The van der Waals surface area contributed by atoms with Crippen LogP contribution in [0.3, 0.4) is 0 Å². The fraction of sp³-hybridized carbons (Fsp3) is 0.500. The lowest BCUT2D eigenvalue weighted by atomic mass is 9.73. The molecule has 1 aromatic carbocycles. The van der Waals surface area contributed by atoms with Gasteiger partial charge < -0.3 is 0 Å². The van der Waals surface area contributed by atoms with Gasteiger partial charge in [-0.2, -0.15) is 0 Å². The van der Waals surface area contributed by atoms with Gasteiger partial charge in [-0.3, -0.25) is 14.9 Å². The smallest absolute Gasteiger partial charge is 0.230 e. The van der Waals surface area contributed by atoms with Crippen molar-refractivity contribution in [3.63, 3.8) is 0 Å². The van der Waals surface area contributed by atoms with E-state index < -0.39 is 0 Å². The maximum absolute atomic E-state index is 13.8. The van der Waals surface area contributed by atoms with Crippen LogP contribution in [0.25, 0.3) is 0 Å². The van der Waals surface area contributed by atoms with Crippen LogP contribution < -0.4 is 5.32 Å². The van der Waals surface area contributed by atoms with Crippen LogP contribution in [0.1, 0.15) is 43.6 Å². The Morgan fingerprint density at radius 2 is 1.90 bits per heavy atom. The lowest BCUT2D eigenvalue weighted by Gasteiger charge is -2.34. The number of piperidine rings is 1. The molecule has 2 unspecified atom stereocenters. The molecule has 1 saturated heterocycles. The topological polar surface area (TPSA) is 46.2 Å². The summed E-state index contributed by atoms with van der Waals surface area (Å²) in [6.07, 6.45) is 4.55.